The number of nitrogens with one attached hydrogen (secondary N) is 2. The van der Waals surface area contributed by atoms with Crippen molar-refractivity contribution in [3.8, 4) is 0 Å². The summed E-state index contributed by atoms with van der Waals surface area (Å²) in [5.41, 5.74) is 0.121. The van der Waals surface area contributed by atoms with Crippen LogP contribution in [0.25, 0.3) is 0 Å². The highest BCUT2D eigenvalue weighted by Gasteiger charge is 2.42. The van der Waals surface area contributed by atoms with Crippen LogP contribution in [0.1, 0.15) is 39.0 Å². The van der Waals surface area contributed by atoms with Gasteiger partial charge in [0.05, 0.1) is 0 Å². The summed E-state index contributed by atoms with van der Waals surface area (Å²) >= 11 is 0. The molecule has 23 heavy (non-hydrogen) atoms. The van der Waals surface area contributed by atoms with Gasteiger partial charge in [-0.1, -0.05) is 6.92 Å². The second-order valence-electron chi connectivity index (χ2n) is 7.33. The maximum Gasteiger partial charge on any atom is 0.220 e. The van der Waals surface area contributed by atoms with Crippen LogP contribution < -0.4 is 10.6 Å². The van der Waals surface area contributed by atoms with Crippen molar-refractivity contribution >= 4 is 11.9 Å². The molecular weight excluding hydrogens is 290 g/mol. The van der Waals surface area contributed by atoms with E-state index in [0.717, 1.165) is 51.5 Å². The number of aliphatic imine (C=N–C) groups is 1. The van der Waals surface area contributed by atoms with Crippen LogP contribution in [0.2, 0.25) is 0 Å². The quantitative estimate of drug-likeness (QED) is 0.592. The lowest BCUT2D eigenvalue weighted by Gasteiger charge is -2.41. The van der Waals surface area contributed by atoms with E-state index in [1.165, 1.54) is 19.4 Å². The van der Waals surface area contributed by atoms with Gasteiger partial charge >= 0.3 is 0 Å². The molecule has 0 radical (unpaired) electrons. The van der Waals surface area contributed by atoms with Crippen LogP contribution in [0.4, 0.5) is 0 Å². The zero-order valence-electron chi connectivity index (χ0n) is 14.6. The number of rotatable bonds is 3. The molecule has 3 saturated heterocycles. The monoisotopic (exact) mass is 321 g/mol. The second kappa shape index (κ2) is 7.07. The topological polar surface area (TPSA) is 60.0 Å². The number of amides is 1. The summed E-state index contributed by atoms with van der Waals surface area (Å²) in [6.07, 6.45) is 5.54. The van der Waals surface area contributed by atoms with Crippen LogP contribution >= 0.6 is 0 Å². The van der Waals surface area contributed by atoms with Crippen molar-refractivity contribution in [1.29, 1.82) is 0 Å². The number of likely N-dealkylation sites (N-methyl/N-ethyl adjacent to an activating group) is 1. The van der Waals surface area contributed by atoms with E-state index < -0.39 is 0 Å². The Hall–Kier alpha value is -1.30. The second-order valence-corrected chi connectivity index (χ2v) is 7.33. The fourth-order valence-electron chi connectivity index (χ4n) is 4.51. The zero-order valence-corrected chi connectivity index (χ0v) is 14.6. The van der Waals surface area contributed by atoms with Crippen molar-refractivity contribution in [2.45, 2.75) is 45.1 Å². The number of piperidine rings is 1. The minimum atomic E-state index is 0.121. The molecule has 6 nitrogen and oxygen atoms in total. The summed E-state index contributed by atoms with van der Waals surface area (Å²) in [7, 11) is 1.87. The molecule has 0 aromatic rings. The predicted molar refractivity (Wildman–Crippen MR) is 92.5 cm³/mol. The normalized spacial score (nSPS) is 32.6. The van der Waals surface area contributed by atoms with Gasteiger partial charge in [-0.15, -0.1) is 0 Å². The highest BCUT2D eigenvalue weighted by Crippen LogP contribution is 2.36. The number of hydrogen-bond donors (Lipinski definition) is 2. The van der Waals surface area contributed by atoms with Crippen LogP contribution in [0, 0.1) is 5.41 Å². The third kappa shape index (κ3) is 3.62. The van der Waals surface area contributed by atoms with Gasteiger partial charge in [-0.25, -0.2) is 0 Å². The van der Waals surface area contributed by atoms with Crippen molar-refractivity contribution in [3.05, 3.63) is 0 Å². The molecule has 0 aromatic heterocycles. The van der Waals surface area contributed by atoms with E-state index >= 15 is 0 Å². The Kier molecular flexibility index (Phi) is 5.09. The molecule has 130 valence electrons. The first-order chi connectivity index (χ1) is 11.2. The molecular formula is C17H31N5O. The van der Waals surface area contributed by atoms with Crippen molar-refractivity contribution in [3.63, 3.8) is 0 Å². The predicted octanol–water partition coefficient (Wildman–Crippen LogP) is 0.648. The van der Waals surface area contributed by atoms with Gasteiger partial charge in [0.15, 0.2) is 5.96 Å². The number of likely N-dealkylation sites (tertiary alicyclic amines) is 2. The molecule has 2 N–H and O–H groups in total. The van der Waals surface area contributed by atoms with Crippen LogP contribution in [0.15, 0.2) is 4.99 Å². The van der Waals surface area contributed by atoms with Gasteiger partial charge in [-0.3, -0.25) is 14.7 Å². The molecule has 3 heterocycles. The first-order valence-electron chi connectivity index (χ1n) is 9.12. The van der Waals surface area contributed by atoms with Gasteiger partial charge in [0.25, 0.3) is 0 Å². The molecule has 2 unspecified atom stereocenters. The van der Waals surface area contributed by atoms with E-state index in [0.29, 0.717) is 12.5 Å². The molecule has 3 fully saturated rings. The Balaban J connectivity index is 1.57. The van der Waals surface area contributed by atoms with E-state index in [4.69, 9.17) is 0 Å². The van der Waals surface area contributed by atoms with E-state index in [2.05, 4.69) is 32.3 Å². The molecule has 0 saturated carbocycles. The fourth-order valence-corrected chi connectivity index (χ4v) is 4.51. The number of guanidine groups is 1. The van der Waals surface area contributed by atoms with Crippen molar-refractivity contribution in [2.24, 2.45) is 10.4 Å². The molecule has 1 spiro atoms. The average Bonchev–Trinajstić information content (AvgIpc) is 3.15. The van der Waals surface area contributed by atoms with Gasteiger partial charge in [0.1, 0.15) is 0 Å². The number of carbonyl (C=O) groups is 1. The van der Waals surface area contributed by atoms with E-state index in [1.54, 1.807) is 0 Å². The molecule has 3 aliphatic heterocycles. The maximum atomic E-state index is 11.7. The largest absolute Gasteiger partial charge is 0.355 e. The van der Waals surface area contributed by atoms with Gasteiger partial charge in [-0.2, -0.15) is 0 Å². The third-order valence-electron chi connectivity index (χ3n) is 5.77. The number of carbonyl (C=O) groups excluding carboxylic acids is 1. The molecule has 0 bridgehead atoms. The summed E-state index contributed by atoms with van der Waals surface area (Å²) < 4.78 is 0. The molecule has 0 aromatic carbocycles. The lowest BCUT2D eigenvalue weighted by molar-refractivity contribution is -0.119. The Morgan fingerprint density at radius 3 is 3.00 bits per heavy atom. The molecule has 0 aliphatic carbocycles. The minimum Gasteiger partial charge on any atom is -0.355 e. The summed E-state index contributed by atoms with van der Waals surface area (Å²) in [5, 5.41) is 6.61. The summed E-state index contributed by atoms with van der Waals surface area (Å²) in [4.78, 5) is 21.1. The smallest absolute Gasteiger partial charge is 0.220 e. The first-order valence-corrected chi connectivity index (χ1v) is 9.12. The van der Waals surface area contributed by atoms with Crippen molar-refractivity contribution in [2.75, 3.05) is 46.3 Å². The standard InChI is InChI=1S/C17H31N5O/c1-3-21-8-4-6-14(21)11-19-16(18-2)22-9-5-7-17(13-22)10-15(23)20-12-17/h14H,3-13H2,1-2H3,(H,18,19)(H,20,23). The Morgan fingerprint density at radius 1 is 1.43 bits per heavy atom. The number of hydrogen-bond acceptors (Lipinski definition) is 3. The molecule has 2 atom stereocenters. The van der Waals surface area contributed by atoms with Crippen molar-refractivity contribution < 1.29 is 4.79 Å². The van der Waals surface area contributed by atoms with Crippen molar-refractivity contribution in [1.82, 2.24) is 20.4 Å². The SMILES string of the molecule is CCN1CCCC1CNC(=NC)N1CCCC2(CNC(=O)C2)C1. The van der Waals surface area contributed by atoms with E-state index in [-0.39, 0.29) is 11.3 Å². The van der Waals surface area contributed by atoms with Crippen LogP contribution in [-0.4, -0.2) is 74.0 Å². The van der Waals surface area contributed by atoms with Crippen LogP contribution in [0.3, 0.4) is 0 Å². The zero-order chi connectivity index (χ0) is 16.3. The first kappa shape index (κ1) is 16.6. The van der Waals surface area contributed by atoms with E-state index in [9.17, 15) is 4.79 Å². The Bertz CT molecular complexity index is 466. The number of nitrogens with zero attached hydrogens (tertiary/aromatic N) is 3. The highest BCUT2D eigenvalue weighted by atomic mass is 16.1. The summed E-state index contributed by atoms with van der Waals surface area (Å²) in [6.45, 7) is 8.37. The van der Waals surface area contributed by atoms with E-state index in [1.807, 2.05) is 7.05 Å². The lowest BCUT2D eigenvalue weighted by Crippen LogP contribution is -2.53. The molecule has 3 rings (SSSR count). The Morgan fingerprint density at radius 2 is 2.30 bits per heavy atom. The average molecular weight is 321 g/mol. The van der Waals surface area contributed by atoms with Crippen LogP contribution in [0.5, 0.6) is 0 Å². The maximum absolute atomic E-state index is 11.7. The van der Waals surface area contributed by atoms with Gasteiger partial charge < -0.3 is 15.5 Å². The van der Waals surface area contributed by atoms with Gasteiger partial charge in [0, 0.05) is 51.1 Å². The van der Waals surface area contributed by atoms with Gasteiger partial charge in [-0.05, 0) is 38.8 Å². The third-order valence-corrected chi connectivity index (χ3v) is 5.77. The molecule has 1 amide bonds. The fraction of sp³-hybridized carbons (Fsp3) is 0.882. The van der Waals surface area contributed by atoms with Crippen LogP contribution in [-0.2, 0) is 4.79 Å². The molecule has 3 aliphatic rings. The minimum absolute atomic E-state index is 0.121. The van der Waals surface area contributed by atoms with Gasteiger partial charge in [0.2, 0.25) is 5.91 Å². The highest BCUT2D eigenvalue weighted by molar-refractivity contribution is 5.81. The summed E-state index contributed by atoms with van der Waals surface area (Å²) in [5.74, 6) is 1.21. The lowest BCUT2D eigenvalue weighted by atomic mass is 9.79. The molecule has 6 heteroatoms. The summed E-state index contributed by atoms with van der Waals surface area (Å²) in [6, 6.07) is 0.630. The Labute approximate surface area is 139 Å².